The van der Waals surface area contributed by atoms with Gasteiger partial charge < -0.3 is 15.5 Å². The molecule has 8 nitrogen and oxygen atoms in total. The van der Waals surface area contributed by atoms with Gasteiger partial charge in [0.15, 0.2) is 9.84 Å². The molecule has 3 aromatic rings. The zero-order chi connectivity index (χ0) is 23.1. The minimum Gasteiger partial charge on any atom is -0.345 e. The Hall–Kier alpha value is -3.72. The van der Waals surface area contributed by atoms with Gasteiger partial charge in [-0.3, -0.25) is 9.78 Å². The molecule has 0 bridgehead atoms. The summed E-state index contributed by atoms with van der Waals surface area (Å²) < 4.78 is 25.8. The second-order valence-corrected chi connectivity index (χ2v) is 9.30. The summed E-state index contributed by atoms with van der Waals surface area (Å²) in [6.07, 6.45) is 3.31. The van der Waals surface area contributed by atoms with E-state index in [2.05, 4.69) is 15.6 Å². The molecule has 0 saturated carbocycles. The van der Waals surface area contributed by atoms with Crippen LogP contribution in [0.4, 0.5) is 10.5 Å². The van der Waals surface area contributed by atoms with Crippen LogP contribution in [-0.2, 0) is 22.1 Å². The Bertz CT molecular complexity index is 1190. The number of nitrogens with one attached hydrogen (secondary N) is 2. The van der Waals surface area contributed by atoms with Crippen LogP contribution in [0.1, 0.15) is 21.5 Å². The molecule has 2 aromatic carbocycles. The molecule has 0 aliphatic carbocycles. The Morgan fingerprint density at radius 3 is 2.34 bits per heavy atom. The molecular formula is C23H24N4O4S. The van der Waals surface area contributed by atoms with Crippen molar-refractivity contribution in [3.05, 3.63) is 89.7 Å². The van der Waals surface area contributed by atoms with Crippen molar-refractivity contribution in [1.82, 2.24) is 15.2 Å². The number of carbonyl (C=O) groups is 2. The van der Waals surface area contributed by atoms with Crippen LogP contribution in [0.15, 0.2) is 78.0 Å². The van der Waals surface area contributed by atoms with Gasteiger partial charge in [-0.1, -0.05) is 24.3 Å². The molecule has 0 unspecified atom stereocenters. The summed E-state index contributed by atoms with van der Waals surface area (Å²) in [5, 5.41) is 5.37. The Morgan fingerprint density at radius 2 is 1.69 bits per heavy atom. The number of anilines is 1. The fourth-order valence-electron chi connectivity index (χ4n) is 2.99. The average Bonchev–Trinajstić information content (AvgIpc) is 2.78. The molecule has 9 heteroatoms. The van der Waals surface area contributed by atoms with Gasteiger partial charge in [0.05, 0.1) is 10.6 Å². The van der Waals surface area contributed by atoms with Crippen LogP contribution in [0.2, 0.25) is 0 Å². The minimum absolute atomic E-state index is 0.103. The largest absolute Gasteiger partial charge is 0.345 e. The van der Waals surface area contributed by atoms with Crippen molar-refractivity contribution in [2.75, 3.05) is 19.4 Å². The first-order valence-corrected chi connectivity index (χ1v) is 11.5. The van der Waals surface area contributed by atoms with Crippen molar-refractivity contribution in [1.29, 1.82) is 0 Å². The standard InChI is InChI=1S/C23H24N4O4S/c1-27(2)22(28)21-8-4-3-7-18(21)16-32(30,31)20-11-9-19(10-12-20)26-23(29)25-15-17-6-5-13-24-14-17/h3-14H,15-16H2,1-2H3,(H2,25,26,29). The highest BCUT2D eigenvalue weighted by Gasteiger charge is 2.20. The van der Waals surface area contributed by atoms with Crippen molar-refractivity contribution in [3.8, 4) is 0 Å². The van der Waals surface area contributed by atoms with E-state index in [1.807, 2.05) is 6.07 Å². The first-order valence-electron chi connectivity index (χ1n) is 9.82. The molecule has 3 amide bonds. The maximum absolute atomic E-state index is 12.9. The van der Waals surface area contributed by atoms with Crippen LogP contribution in [-0.4, -0.2) is 44.3 Å². The van der Waals surface area contributed by atoms with Gasteiger partial charge in [0.2, 0.25) is 0 Å². The van der Waals surface area contributed by atoms with Crippen molar-refractivity contribution in [2.45, 2.75) is 17.2 Å². The van der Waals surface area contributed by atoms with E-state index in [0.717, 1.165) is 5.56 Å². The number of hydrogen-bond acceptors (Lipinski definition) is 5. The van der Waals surface area contributed by atoms with Gasteiger partial charge in [-0.05, 0) is 47.5 Å². The number of carbonyl (C=O) groups excluding carboxylic acids is 2. The lowest BCUT2D eigenvalue weighted by Gasteiger charge is -2.14. The van der Waals surface area contributed by atoms with E-state index in [9.17, 15) is 18.0 Å². The fraction of sp³-hybridized carbons (Fsp3) is 0.174. The van der Waals surface area contributed by atoms with Crippen molar-refractivity contribution < 1.29 is 18.0 Å². The van der Waals surface area contributed by atoms with Gasteiger partial charge in [0, 0.05) is 44.3 Å². The van der Waals surface area contributed by atoms with Crippen molar-refractivity contribution >= 4 is 27.5 Å². The molecule has 0 fully saturated rings. The number of sulfone groups is 1. The Kier molecular flexibility index (Phi) is 7.21. The molecule has 0 spiro atoms. The van der Waals surface area contributed by atoms with Crippen LogP contribution in [0.5, 0.6) is 0 Å². The summed E-state index contributed by atoms with van der Waals surface area (Å²) in [5.74, 6) is -0.561. The SMILES string of the molecule is CN(C)C(=O)c1ccccc1CS(=O)(=O)c1ccc(NC(=O)NCc2cccnc2)cc1. The third-order valence-electron chi connectivity index (χ3n) is 4.65. The summed E-state index contributed by atoms with van der Waals surface area (Å²) in [6, 6.07) is 15.8. The maximum atomic E-state index is 12.9. The molecule has 0 radical (unpaired) electrons. The molecule has 2 N–H and O–H groups in total. The van der Waals surface area contributed by atoms with Crippen LogP contribution < -0.4 is 10.6 Å². The minimum atomic E-state index is -3.69. The monoisotopic (exact) mass is 452 g/mol. The lowest BCUT2D eigenvalue weighted by atomic mass is 10.1. The molecule has 1 aromatic heterocycles. The number of benzene rings is 2. The predicted molar refractivity (Wildman–Crippen MR) is 122 cm³/mol. The van der Waals surface area contributed by atoms with Gasteiger partial charge in [-0.15, -0.1) is 0 Å². The molecule has 1 heterocycles. The van der Waals surface area contributed by atoms with E-state index in [4.69, 9.17) is 0 Å². The number of pyridine rings is 1. The third-order valence-corrected chi connectivity index (χ3v) is 6.33. The normalized spacial score (nSPS) is 10.9. The van der Waals surface area contributed by atoms with Gasteiger partial charge in [-0.25, -0.2) is 13.2 Å². The predicted octanol–water partition coefficient (Wildman–Crippen LogP) is 3.08. The lowest BCUT2D eigenvalue weighted by Crippen LogP contribution is -2.28. The molecule has 0 aliphatic heterocycles. The second-order valence-electron chi connectivity index (χ2n) is 7.31. The zero-order valence-corrected chi connectivity index (χ0v) is 18.6. The quantitative estimate of drug-likeness (QED) is 0.573. The molecule has 166 valence electrons. The number of amides is 3. The van der Waals surface area contributed by atoms with E-state index < -0.39 is 15.9 Å². The van der Waals surface area contributed by atoms with Crippen LogP contribution in [0, 0.1) is 0 Å². The van der Waals surface area contributed by atoms with Gasteiger partial charge in [0.25, 0.3) is 5.91 Å². The molecule has 32 heavy (non-hydrogen) atoms. The van der Waals surface area contributed by atoms with Gasteiger partial charge in [0.1, 0.15) is 0 Å². The molecule has 0 aliphatic rings. The fourth-order valence-corrected chi connectivity index (χ4v) is 4.37. The van der Waals surface area contributed by atoms with Crippen LogP contribution >= 0.6 is 0 Å². The van der Waals surface area contributed by atoms with Crippen LogP contribution in [0.3, 0.4) is 0 Å². The summed E-state index contributed by atoms with van der Waals surface area (Å²) >= 11 is 0. The number of nitrogens with zero attached hydrogens (tertiary/aromatic N) is 2. The molecule has 0 atom stereocenters. The number of urea groups is 1. The first-order chi connectivity index (χ1) is 15.3. The second kappa shape index (κ2) is 10.1. The highest BCUT2D eigenvalue weighted by atomic mass is 32.2. The number of rotatable bonds is 7. The van der Waals surface area contributed by atoms with E-state index in [1.165, 1.54) is 29.2 Å². The molecule has 0 saturated heterocycles. The van der Waals surface area contributed by atoms with Crippen molar-refractivity contribution in [2.24, 2.45) is 0 Å². The summed E-state index contributed by atoms with van der Waals surface area (Å²) in [4.78, 5) is 29.9. The Labute approximate surface area is 187 Å². The van der Waals surface area contributed by atoms with E-state index in [0.29, 0.717) is 23.4 Å². The topological polar surface area (TPSA) is 108 Å². The number of hydrogen-bond donors (Lipinski definition) is 2. The summed E-state index contributed by atoms with van der Waals surface area (Å²) in [6.45, 7) is 0.317. The summed E-state index contributed by atoms with van der Waals surface area (Å²) in [7, 11) is -0.458. The maximum Gasteiger partial charge on any atom is 0.319 e. The van der Waals surface area contributed by atoms with E-state index in [1.54, 1.807) is 56.8 Å². The third kappa shape index (κ3) is 5.92. The van der Waals surface area contributed by atoms with Gasteiger partial charge in [-0.2, -0.15) is 0 Å². The lowest BCUT2D eigenvalue weighted by molar-refractivity contribution is 0.0827. The van der Waals surface area contributed by atoms with Gasteiger partial charge >= 0.3 is 6.03 Å². The Balaban J connectivity index is 1.66. The van der Waals surface area contributed by atoms with E-state index >= 15 is 0 Å². The highest BCUT2D eigenvalue weighted by Crippen LogP contribution is 2.21. The zero-order valence-electron chi connectivity index (χ0n) is 17.8. The number of aromatic nitrogens is 1. The molecular weight excluding hydrogens is 428 g/mol. The summed E-state index contributed by atoms with van der Waals surface area (Å²) in [5.41, 5.74) is 2.10. The Morgan fingerprint density at radius 1 is 0.969 bits per heavy atom. The van der Waals surface area contributed by atoms with E-state index in [-0.39, 0.29) is 16.6 Å². The molecule has 3 rings (SSSR count). The average molecular weight is 453 g/mol. The van der Waals surface area contributed by atoms with Crippen molar-refractivity contribution in [3.63, 3.8) is 0 Å². The smallest absolute Gasteiger partial charge is 0.319 e. The highest BCUT2D eigenvalue weighted by molar-refractivity contribution is 7.90. The first kappa shape index (κ1) is 23.0. The van der Waals surface area contributed by atoms with Crippen LogP contribution in [0.25, 0.3) is 0 Å².